The number of nitrogens with zero attached hydrogens (tertiary/aromatic N) is 4. The van der Waals surface area contributed by atoms with E-state index in [1.807, 2.05) is 14.1 Å². The van der Waals surface area contributed by atoms with Crippen LogP contribution in [0, 0.1) is 0 Å². The third kappa shape index (κ3) is 1.30. The molecule has 0 saturated carbocycles. The van der Waals surface area contributed by atoms with Gasteiger partial charge in [0.2, 0.25) is 5.95 Å². The zero-order valence-corrected chi connectivity index (χ0v) is 7.85. The Labute approximate surface area is 79.6 Å². The summed E-state index contributed by atoms with van der Waals surface area (Å²) in [5, 5.41) is 0. The molecule has 2 aromatic heterocycles. The molecule has 2 aromatic rings. The minimum absolute atomic E-state index is 0.250. The van der Waals surface area contributed by atoms with Crippen molar-refractivity contribution in [2.75, 3.05) is 19.0 Å². The Bertz CT molecular complexity index is 518. The maximum atomic E-state index is 11.3. The molecule has 72 valence electrons. The molecule has 0 atom stereocenters. The number of hydrogen-bond acceptors (Lipinski definition) is 5. The van der Waals surface area contributed by atoms with Crippen LogP contribution in [0.4, 0.5) is 5.95 Å². The highest BCUT2D eigenvalue weighted by Gasteiger charge is 2.04. The summed E-state index contributed by atoms with van der Waals surface area (Å²) in [7, 11) is 3.62. The summed E-state index contributed by atoms with van der Waals surface area (Å²) in [5.74, 6) is 0.496. The summed E-state index contributed by atoms with van der Waals surface area (Å²) in [5.41, 5.74) is 0.561. The van der Waals surface area contributed by atoms with E-state index in [9.17, 15) is 4.79 Å². The number of anilines is 1. The highest BCUT2D eigenvalue weighted by Crippen LogP contribution is 2.06. The maximum Gasteiger partial charge on any atom is 0.277 e. The largest absolute Gasteiger partial charge is 0.347 e. The van der Waals surface area contributed by atoms with E-state index < -0.39 is 0 Å². The average Bonchev–Trinajstić information content (AvgIpc) is 2.18. The van der Waals surface area contributed by atoms with Crippen LogP contribution in [0.15, 0.2) is 17.3 Å². The lowest BCUT2D eigenvalue weighted by Crippen LogP contribution is -2.15. The summed E-state index contributed by atoms with van der Waals surface area (Å²) in [6.07, 6.45) is 2.87. The van der Waals surface area contributed by atoms with Crippen molar-refractivity contribution >= 4 is 17.0 Å². The van der Waals surface area contributed by atoms with Crippen LogP contribution in [0.1, 0.15) is 0 Å². The molecule has 0 aliphatic rings. The Kier molecular flexibility index (Phi) is 1.88. The Morgan fingerprint density at radius 2 is 2.14 bits per heavy atom. The number of rotatable bonds is 1. The van der Waals surface area contributed by atoms with Gasteiger partial charge in [-0.3, -0.25) is 4.79 Å². The average molecular weight is 191 g/mol. The van der Waals surface area contributed by atoms with E-state index in [0.717, 1.165) is 0 Å². The number of aromatic amines is 1. The Morgan fingerprint density at radius 1 is 1.36 bits per heavy atom. The van der Waals surface area contributed by atoms with Crippen LogP contribution < -0.4 is 10.5 Å². The second-order valence-corrected chi connectivity index (χ2v) is 3.03. The van der Waals surface area contributed by atoms with Crippen LogP contribution in [0.25, 0.3) is 11.0 Å². The van der Waals surface area contributed by atoms with Crippen LogP contribution in [0.2, 0.25) is 0 Å². The molecular weight excluding hydrogens is 182 g/mol. The first-order chi connectivity index (χ1) is 6.68. The first kappa shape index (κ1) is 8.61. The van der Waals surface area contributed by atoms with Crippen LogP contribution in [-0.2, 0) is 0 Å². The van der Waals surface area contributed by atoms with Gasteiger partial charge in [-0.15, -0.1) is 0 Å². The van der Waals surface area contributed by atoms with Gasteiger partial charge in [0.25, 0.3) is 5.56 Å². The lowest BCUT2D eigenvalue weighted by Gasteiger charge is -2.08. The van der Waals surface area contributed by atoms with Crippen molar-refractivity contribution in [2.45, 2.75) is 0 Å². The SMILES string of the molecule is CN(C)c1ncc2nc[nH]c(=O)c2n1. The van der Waals surface area contributed by atoms with E-state index in [-0.39, 0.29) is 5.56 Å². The first-order valence-electron chi connectivity index (χ1n) is 4.06. The van der Waals surface area contributed by atoms with Gasteiger partial charge in [-0.1, -0.05) is 0 Å². The number of hydrogen-bond donors (Lipinski definition) is 1. The predicted molar refractivity (Wildman–Crippen MR) is 52.3 cm³/mol. The Morgan fingerprint density at radius 3 is 2.86 bits per heavy atom. The van der Waals surface area contributed by atoms with Crippen molar-refractivity contribution in [1.82, 2.24) is 19.9 Å². The number of fused-ring (bicyclic) bond motifs is 1. The topological polar surface area (TPSA) is 74.8 Å². The lowest BCUT2D eigenvalue weighted by atomic mass is 10.4. The fraction of sp³-hybridized carbons (Fsp3) is 0.250. The normalized spacial score (nSPS) is 10.4. The second kappa shape index (κ2) is 3.06. The molecule has 0 aromatic carbocycles. The van der Waals surface area contributed by atoms with Crippen molar-refractivity contribution < 1.29 is 0 Å². The lowest BCUT2D eigenvalue weighted by molar-refractivity contribution is 1.00. The fourth-order valence-corrected chi connectivity index (χ4v) is 1.07. The summed E-state index contributed by atoms with van der Waals surface area (Å²) in [6.45, 7) is 0. The minimum Gasteiger partial charge on any atom is -0.347 e. The predicted octanol–water partition coefficient (Wildman–Crippen LogP) is -0.221. The molecule has 0 radical (unpaired) electrons. The van der Waals surface area contributed by atoms with Crippen LogP contribution >= 0.6 is 0 Å². The van der Waals surface area contributed by atoms with Gasteiger partial charge < -0.3 is 9.88 Å². The van der Waals surface area contributed by atoms with Crippen LogP contribution in [0.5, 0.6) is 0 Å². The van der Waals surface area contributed by atoms with Gasteiger partial charge in [0.15, 0.2) is 5.52 Å². The molecule has 6 nitrogen and oxygen atoms in total. The zero-order valence-electron chi connectivity index (χ0n) is 7.85. The number of H-pyrrole nitrogens is 1. The van der Waals surface area contributed by atoms with E-state index >= 15 is 0 Å². The van der Waals surface area contributed by atoms with Gasteiger partial charge in [0.05, 0.1) is 12.5 Å². The van der Waals surface area contributed by atoms with Gasteiger partial charge in [-0.05, 0) is 0 Å². The van der Waals surface area contributed by atoms with Crippen molar-refractivity contribution in [2.24, 2.45) is 0 Å². The first-order valence-corrected chi connectivity index (χ1v) is 4.06. The van der Waals surface area contributed by atoms with Crippen molar-refractivity contribution in [3.05, 3.63) is 22.9 Å². The van der Waals surface area contributed by atoms with Gasteiger partial charge in [-0.25, -0.2) is 15.0 Å². The van der Waals surface area contributed by atoms with Gasteiger partial charge >= 0.3 is 0 Å². The summed E-state index contributed by atoms with van der Waals surface area (Å²) in [6, 6.07) is 0. The molecule has 0 aliphatic carbocycles. The quantitative estimate of drug-likeness (QED) is 0.674. The smallest absolute Gasteiger partial charge is 0.277 e. The van der Waals surface area contributed by atoms with E-state index in [1.165, 1.54) is 12.5 Å². The summed E-state index contributed by atoms with van der Waals surface area (Å²) in [4.78, 5) is 27.6. The van der Waals surface area contributed by atoms with Crippen molar-refractivity contribution in [3.63, 3.8) is 0 Å². The molecule has 0 aliphatic heterocycles. The van der Waals surface area contributed by atoms with Crippen LogP contribution in [0.3, 0.4) is 0 Å². The zero-order chi connectivity index (χ0) is 10.1. The molecule has 0 saturated heterocycles. The highest BCUT2D eigenvalue weighted by atomic mass is 16.1. The highest BCUT2D eigenvalue weighted by molar-refractivity contribution is 5.72. The molecule has 2 rings (SSSR count). The van der Waals surface area contributed by atoms with Gasteiger partial charge in [0, 0.05) is 14.1 Å². The van der Waals surface area contributed by atoms with E-state index in [1.54, 1.807) is 4.90 Å². The summed E-state index contributed by atoms with van der Waals surface area (Å²) < 4.78 is 0. The molecule has 2 heterocycles. The van der Waals surface area contributed by atoms with E-state index in [4.69, 9.17) is 0 Å². The van der Waals surface area contributed by atoms with Gasteiger partial charge in [0.1, 0.15) is 5.52 Å². The molecular formula is C8H9N5O. The number of nitrogens with one attached hydrogen (secondary N) is 1. The standard InChI is InChI=1S/C8H9N5O/c1-13(2)8-9-3-5-6(12-8)7(14)11-4-10-5/h3-4H,1-2H3,(H,10,11,14). The van der Waals surface area contributed by atoms with Crippen LogP contribution in [-0.4, -0.2) is 34.0 Å². The molecule has 0 bridgehead atoms. The third-order valence-electron chi connectivity index (χ3n) is 1.77. The maximum absolute atomic E-state index is 11.3. The molecule has 0 fully saturated rings. The molecule has 1 N–H and O–H groups in total. The van der Waals surface area contributed by atoms with Crippen molar-refractivity contribution in [3.8, 4) is 0 Å². The molecule has 6 heteroatoms. The van der Waals surface area contributed by atoms with E-state index in [0.29, 0.717) is 17.0 Å². The molecule has 0 amide bonds. The molecule has 0 spiro atoms. The van der Waals surface area contributed by atoms with Crippen molar-refractivity contribution in [1.29, 1.82) is 0 Å². The second-order valence-electron chi connectivity index (χ2n) is 3.03. The van der Waals surface area contributed by atoms with E-state index in [2.05, 4.69) is 19.9 Å². The summed E-state index contributed by atoms with van der Waals surface area (Å²) >= 11 is 0. The third-order valence-corrected chi connectivity index (χ3v) is 1.77. The number of aromatic nitrogens is 4. The minimum atomic E-state index is -0.250. The monoisotopic (exact) mass is 191 g/mol. The molecule has 14 heavy (non-hydrogen) atoms. The molecule has 0 unspecified atom stereocenters. The fourth-order valence-electron chi connectivity index (χ4n) is 1.07. The Balaban J connectivity index is 2.76. The van der Waals surface area contributed by atoms with Gasteiger partial charge in [-0.2, -0.15) is 0 Å². The Hall–Kier alpha value is -1.98.